The first-order valence-electron chi connectivity index (χ1n) is 16.1. The van der Waals surface area contributed by atoms with Crippen LogP contribution in [0.25, 0.3) is 10.4 Å². The molecule has 4 rings (SSSR count). The summed E-state index contributed by atoms with van der Waals surface area (Å²) < 4.78 is 16.6. The Morgan fingerprint density at radius 1 is 1.18 bits per heavy atom. The standard InChI is InChI=1S/C33H44N8O7S/c1-21(25-15-22(19-49-25)29(34)39-31(45)48-32(2,3)4)38-30(44)24-16-33(20-46-14-12-37-40-35)17-26(33)41(24)28(43)18-36-27(42)11-8-13-47-23-9-6-5-7-10-23/h5-7,9-10,15,19,21,24,26H,8,11-14,16-18,20H2,1-4H3,(H,36,42)(H,38,44)(H2,34,39,45)/t21-,24+,26+,33-/m1/s1. The van der Waals surface area contributed by atoms with E-state index in [-0.39, 0.29) is 55.7 Å². The number of amides is 4. The third-order valence-electron chi connectivity index (χ3n) is 8.11. The highest BCUT2D eigenvalue weighted by molar-refractivity contribution is 7.10. The number of carbonyl (C=O) groups is 4. The smallest absolute Gasteiger partial charge is 0.413 e. The predicted octanol–water partition coefficient (Wildman–Crippen LogP) is 4.44. The van der Waals surface area contributed by atoms with Gasteiger partial charge in [0.2, 0.25) is 17.7 Å². The van der Waals surface area contributed by atoms with Gasteiger partial charge < -0.3 is 29.7 Å². The molecule has 4 atom stereocenters. The summed E-state index contributed by atoms with van der Waals surface area (Å²) >= 11 is 1.32. The fourth-order valence-corrected chi connectivity index (χ4v) is 6.62. The molecule has 4 N–H and O–H groups in total. The third-order valence-corrected chi connectivity index (χ3v) is 9.23. The summed E-state index contributed by atoms with van der Waals surface area (Å²) in [5.41, 5.74) is 7.87. The van der Waals surface area contributed by atoms with Crippen LogP contribution in [0.5, 0.6) is 5.75 Å². The van der Waals surface area contributed by atoms with Crippen molar-refractivity contribution in [3.8, 4) is 5.75 Å². The summed E-state index contributed by atoms with van der Waals surface area (Å²) in [6.07, 6.45) is 0.961. The third kappa shape index (κ3) is 10.7. The molecule has 264 valence electrons. The van der Waals surface area contributed by atoms with Crippen molar-refractivity contribution in [3.05, 3.63) is 62.7 Å². The van der Waals surface area contributed by atoms with Crippen LogP contribution in [0.2, 0.25) is 0 Å². The zero-order chi connectivity index (χ0) is 35.6. The number of piperidine rings is 1. The second-order valence-electron chi connectivity index (χ2n) is 13.1. The predicted molar refractivity (Wildman–Crippen MR) is 182 cm³/mol. The fourth-order valence-electron chi connectivity index (χ4n) is 5.71. The first-order chi connectivity index (χ1) is 23.3. The van der Waals surface area contributed by atoms with Crippen molar-refractivity contribution in [1.82, 2.24) is 20.9 Å². The van der Waals surface area contributed by atoms with Gasteiger partial charge in [-0.2, -0.15) is 0 Å². The van der Waals surface area contributed by atoms with Crippen LogP contribution in [0.1, 0.15) is 69.9 Å². The van der Waals surface area contributed by atoms with Crippen molar-refractivity contribution in [3.63, 3.8) is 0 Å². The van der Waals surface area contributed by atoms with Gasteiger partial charge in [-0.1, -0.05) is 23.3 Å². The SMILES string of the molecule is C[C@@H](NC(=O)[C@@H]1C[C@]2(COCCN=[N+]=[N-])C[C@@H]2N1C(=O)CNC(=O)CCCOc1ccccc1)c1cc(C(=N)NC(=O)OC(C)(C)C)cs1. The number of para-hydroxylation sites is 1. The number of hydrogen-bond donors (Lipinski definition) is 4. The number of benzene rings is 1. The number of azide groups is 1. The second kappa shape index (κ2) is 16.6. The largest absolute Gasteiger partial charge is 0.494 e. The summed E-state index contributed by atoms with van der Waals surface area (Å²) in [5, 5.41) is 21.6. The Bertz CT molecular complexity index is 1560. The van der Waals surface area contributed by atoms with Gasteiger partial charge in [0.05, 0.1) is 32.4 Å². The Balaban J connectivity index is 1.33. The molecule has 0 unspecified atom stereocenters. The molecule has 0 spiro atoms. The van der Waals surface area contributed by atoms with Crippen molar-refractivity contribution in [2.75, 3.05) is 32.9 Å². The lowest BCUT2D eigenvalue weighted by Crippen LogP contribution is -2.51. The van der Waals surface area contributed by atoms with E-state index in [1.165, 1.54) is 11.3 Å². The van der Waals surface area contributed by atoms with Crippen LogP contribution in [0.4, 0.5) is 4.79 Å². The van der Waals surface area contributed by atoms with Gasteiger partial charge in [0.25, 0.3) is 0 Å². The lowest BCUT2D eigenvalue weighted by molar-refractivity contribution is -0.140. The first-order valence-corrected chi connectivity index (χ1v) is 17.0. The van der Waals surface area contributed by atoms with Crippen LogP contribution in [0, 0.1) is 10.8 Å². The van der Waals surface area contributed by atoms with Crippen LogP contribution < -0.4 is 20.7 Å². The van der Waals surface area contributed by atoms with Gasteiger partial charge in [-0.15, -0.1) is 11.3 Å². The van der Waals surface area contributed by atoms with Crippen LogP contribution in [-0.2, 0) is 23.9 Å². The average molecular weight is 697 g/mol. The van der Waals surface area contributed by atoms with E-state index in [0.29, 0.717) is 38.0 Å². The molecule has 16 heteroatoms. The van der Waals surface area contributed by atoms with E-state index >= 15 is 0 Å². The molecule has 1 aliphatic carbocycles. The van der Waals surface area contributed by atoms with Crippen LogP contribution in [0.15, 0.2) is 46.9 Å². The monoisotopic (exact) mass is 696 g/mol. The first kappa shape index (κ1) is 37.2. The summed E-state index contributed by atoms with van der Waals surface area (Å²) in [4.78, 5) is 56.9. The number of carbonyl (C=O) groups excluding carboxylic acids is 4. The molecule has 2 aliphatic rings. The maximum absolute atomic E-state index is 13.7. The topological polar surface area (TPSA) is 208 Å². The van der Waals surface area contributed by atoms with Gasteiger partial charge >= 0.3 is 6.09 Å². The fraction of sp³-hybridized carbons (Fsp3) is 0.545. The quantitative estimate of drug-likeness (QED) is 0.0495. The highest BCUT2D eigenvalue weighted by Crippen LogP contribution is 2.59. The summed E-state index contributed by atoms with van der Waals surface area (Å²) in [5.74, 6) is -0.406. The molecule has 49 heavy (non-hydrogen) atoms. The molecule has 2 fully saturated rings. The molecule has 15 nitrogen and oxygen atoms in total. The number of nitrogens with zero attached hydrogens (tertiary/aromatic N) is 4. The number of amidine groups is 1. The molecular weight excluding hydrogens is 652 g/mol. The van der Waals surface area contributed by atoms with Crippen molar-refractivity contribution in [2.45, 2.75) is 77.1 Å². The zero-order valence-corrected chi connectivity index (χ0v) is 29.0. The molecule has 1 aromatic carbocycles. The summed E-state index contributed by atoms with van der Waals surface area (Å²) in [6.45, 7) is 7.81. The van der Waals surface area contributed by atoms with E-state index < -0.39 is 29.2 Å². The Kier molecular flexibility index (Phi) is 12.6. The van der Waals surface area contributed by atoms with Crippen LogP contribution in [0.3, 0.4) is 0 Å². The van der Waals surface area contributed by atoms with E-state index in [4.69, 9.17) is 25.2 Å². The van der Waals surface area contributed by atoms with E-state index in [1.807, 2.05) is 30.3 Å². The maximum atomic E-state index is 13.7. The minimum absolute atomic E-state index is 0.129. The van der Waals surface area contributed by atoms with E-state index in [9.17, 15) is 19.2 Å². The number of nitrogens with one attached hydrogen (secondary N) is 4. The summed E-state index contributed by atoms with van der Waals surface area (Å²) in [6, 6.07) is 9.54. The number of thiophene rings is 1. The lowest BCUT2D eigenvalue weighted by atomic mass is 10.00. The number of likely N-dealkylation sites (tertiary alicyclic amines) is 1. The number of hydrogen-bond acceptors (Lipinski definition) is 10. The van der Waals surface area contributed by atoms with Gasteiger partial charge in [-0.3, -0.25) is 25.1 Å². The highest BCUT2D eigenvalue weighted by atomic mass is 32.1. The lowest BCUT2D eigenvalue weighted by Gasteiger charge is -2.28. The number of rotatable bonds is 16. The zero-order valence-electron chi connectivity index (χ0n) is 28.2. The normalized spacial score (nSPS) is 19.9. The minimum Gasteiger partial charge on any atom is -0.494 e. The Labute approximate surface area is 289 Å². The van der Waals surface area contributed by atoms with Crippen molar-refractivity contribution in [2.24, 2.45) is 10.5 Å². The molecule has 1 aliphatic heterocycles. The van der Waals surface area contributed by atoms with Crippen molar-refractivity contribution in [1.29, 1.82) is 5.41 Å². The molecule has 1 aromatic heterocycles. The summed E-state index contributed by atoms with van der Waals surface area (Å²) in [7, 11) is 0. The van der Waals surface area contributed by atoms with E-state index in [0.717, 1.165) is 10.6 Å². The van der Waals surface area contributed by atoms with Gasteiger partial charge in [-0.05, 0) is 70.7 Å². The van der Waals surface area contributed by atoms with Gasteiger partial charge in [0.1, 0.15) is 23.2 Å². The molecule has 2 heterocycles. The van der Waals surface area contributed by atoms with Crippen LogP contribution in [-0.4, -0.2) is 85.1 Å². The number of ether oxygens (including phenoxy) is 3. The molecule has 4 amide bonds. The van der Waals surface area contributed by atoms with Gasteiger partial charge in [0.15, 0.2) is 0 Å². The number of alkyl carbamates (subject to hydrolysis) is 1. The molecule has 1 saturated carbocycles. The second-order valence-corrected chi connectivity index (χ2v) is 14.1. The average Bonchev–Trinajstić information content (AvgIpc) is 3.36. The Hall–Kier alpha value is -4.66. The molecule has 0 bridgehead atoms. The van der Waals surface area contributed by atoms with Crippen molar-refractivity contribution >= 4 is 41.0 Å². The van der Waals surface area contributed by atoms with Gasteiger partial charge in [-0.25, -0.2) is 4.79 Å². The van der Waals surface area contributed by atoms with E-state index in [1.54, 1.807) is 44.0 Å². The number of fused-ring (bicyclic) bond motifs is 1. The van der Waals surface area contributed by atoms with Crippen LogP contribution >= 0.6 is 11.3 Å². The highest BCUT2D eigenvalue weighted by Gasteiger charge is 2.67. The molecule has 2 aromatic rings. The maximum Gasteiger partial charge on any atom is 0.413 e. The molecular formula is C33H44N8O7S. The van der Waals surface area contributed by atoms with E-state index in [2.05, 4.69) is 26.0 Å². The Morgan fingerprint density at radius 3 is 2.65 bits per heavy atom. The Morgan fingerprint density at radius 2 is 1.94 bits per heavy atom. The molecule has 1 saturated heterocycles. The van der Waals surface area contributed by atoms with Crippen molar-refractivity contribution < 1.29 is 33.4 Å². The molecule has 0 radical (unpaired) electrons. The van der Waals surface area contributed by atoms with Gasteiger partial charge in [0, 0.05) is 45.2 Å². The minimum atomic E-state index is -0.780.